The maximum absolute atomic E-state index is 12.1. The number of aryl methyl sites for hydroxylation is 2. The van der Waals surface area contributed by atoms with Crippen LogP contribution in [-0.4, -0.2) is 10.9 Å². The third kappa shape index (κ3) is 3.22. The first-order valence-electron chi connectivity index (χ1n) is 5.87. The van der Waals surface area contributed by atoms with Crippen molar-refractivity contribution in [2.75, 3.05) is 16.8 Å². The zero-order chi connectivity index (χ0) is 14.0. The Bertz CT molecular complexity index is 597. The van der Waals surface area contributed by atoms with Gasteiger partial charge >= 0.3 is 0 Å². The average molecular weight is 256 g/mol. The Kier molecular flexibility index (Phi) is 3.37. The molecule has 5 N–H and O–H groups in total. The third-order valence-electron chi connectivity index (χ3n) is 2.58. The summed E-state index contributed by atoms with van der Waals surface area (Å²) in [6, 6.07) is 8.50. The summed E-state index contributed by atoms with van der Waals surface area (Å²) >= 11 is 0. The molecule has 0 saturated heterocycles. The lowest BCUT2D eigenvalue weighted by Gasteiger charge is -2.08. The number of anilines is 3. The molecule has 0 unspecified atom stereocenters. The first kappa shape index (κ1) is 12.9. The van der Waals surface area contributed by atoms with Gasteiger partial charge in [-0.1, -0.05) is 0 Å². The summed E-state index contributed by atoms with van der Waals surface area (Å²) in [4.78, 5) is 16.3. The summed E-state index contributed by atoms with van der Waals surface area (Å²) < 4.78 is 0. The second-order valence-corrected chi connectivity index (χ2v) is 4.51. The van der Waals surface area contributed by atoms with Gasteiger partial charge in [0.05, 0.1) is 0 Å². The molecule has 1 aromatic heterocycles. The quantitative estimate of drug-likeness (QED) is 0.717. The lowest BCUT2D eigenvalue weighted by atomic mass is 10.1. The van der Waals surface area contributed by atoms with Crippen LogP contribution in [0.1, 0.15) is 21.6 Å². The van der Waals surface area contributed by atoms with Gasteiger partial charge in [-0.2, -0.15) is 0 Å². The van der Waals surface area contributed by atoms with Gasteiger partial charge in [0, 0.05) is 22.6 Å². The van der Waals surface area contributed by atoms with Crippen molar-refractivity contribution in [3.05, 3.63) is 47.2 Å². The van der Waals surface area contributed by atoms with E-state index in [9.17, 15) is 4.79 Å². The third-order valence-corrected chi connectivity index (χ3v) is 2.58. The summed E-state index contributed by atoms with van der Waals surface area (Å²) in [5.41, 5.74) is 14.5. The summed E-state index contributed by atoms with van der Waals surface area (Å²) in [5, 5.41) is 2.73. The SMILES string of the molecule is Cc1cc(C)nc(NC(=O)c2cc(N)cc(N)c2)c1. The molecule has 98 valence electrons. The van der Waals surface area contributed by atoms with Gasteiger partial charge in [-0.25, -0.2) is 4.98 Å². The molecule has 0 bridgehead atoms. The molecule has 0 aliphatic heterocycles. The van der Waals surface area contributed by atoms with E-state index in [1.165, 1.54) is 0 Å². The minimum absolute atomic E-state index is 0.281. The topological polar surface area (TPSA) is 94.0 Å². The van der Waals surface area contributed by atoms with E-state index in [-0.39, 0.29) is 5.91 Å². The van der Waals surface area contributed by atoms with Gasteiger partial charge < -0.3 is 16.8 Å². The number of amides is 1. The molecule has 0 fully saturated rings. The van der Waals surface area contributed by atoms with Crippen LogP contribution in [0.25, 0.3) is 0 Å². The molecule has 0 aliphatic rings. The number of carbonyl (C=O) groups is 1. The van der Waals surface area contributed by atoms with Gasteiger partial charge in [0.1, 0.15) is 5.82 Å². The second-order valence-electron chi connectivity index (χ2n) is 4.51. The maximum atomic E-state index is 12.1. The monoisotopic (exact) mass is 256 g/mol. The lowest BCUT2D eigenvalue weighted by Crippen LogP contribution is -2.14. The van der Waals surface area contributed by atoms with Gasteiger partial charge in [0.2, 0.25) is 0 Å². The predicted molar refractivity (Wildman–Crippen MR) is 76.9 cm³/mol. The Hall–Kier alpha value is -2.56. The summed E-state index contributed by atoms with van der Waals surface area (Å²) in [5.74, 6) is 0.236. The van der Waals surface area contributed by atoms with Gasteiger partial charge in [0.25, 0.3) is 5.91 Å². The number of aromatic nitrogens is 1. The minimum Gasteiger partial charge on any atom is -0.399 e. The molecule has 2 rings (SSSR count). The molecule has 1 heterocycles. The highest BCUT2D eigenvalue weighted by Gasteiger charge is 2.09. The Morgan fingerprint density at radius 3 is 2.26 bits per heavy atom. The van der Waals surface area contributed by atoms with Crippen LogP contribution in [0.5, 0.6) is 0 Å². The highest BCUT2D eigenvalue weighted by Crippen LogP contribution is 2.16. The highest BCUT2D eigenvalue weighted by atomic mass is 16.1. The smallest absolute Gasteiger partial charge is 0.256 e. The molecule has 5 nitrogen and oxygen atoms in total. The zero-order valence-electron chi connectivity index (χ0n) is 10.9. The minimum atomic E-state index is -0.281. The number of nitrogens with two attached hydrogens (primary N) is 2. The van der Waals surface area contributed by atoms with Crippen molar-refractivity contribution < 1.29 is 4.79 Å². The van der Waals surface area contributed by atoms with Crippen molar-refractivity contribution >= 4 is 23.1 Å². The number of nitrogens with one attached hydrogen (secondary N) is 1. The fourth-order valence-electron chi connectivity index (χ4n) is 1.90. The number of nitrogen functional groups attached to an aromatic ring is 2. The average Bonchev–Trinajstić information content (AvgIpc) is 2.25. The highest BCUT2D eigenvalue weighted by molar-refractivity contribution is 6.04. The van der Waals surface area contributed by atoms with Crippen molar-refractivity contribution in [2.24, 2.45) is 0 Å². The summed E-state index contributed by atoms with van der Waals surface area (Å²) in [6.45, 7) is 3.82. The van der Waals surface area contributed by atoms with Crippen LogP contribution < -0.4 is 16.8 Å². The Balaban J connectivity index is 2.25. The predicted octanol–water partition coefficient (Wildman–Crippen LogP) is 2.12. The standard InChI is InChI=1S/C14H16N4O/c1-8-3-9(2)17-13(4-8)18-14(19)10-5-11(15)7-12(16)6-10/h3-7H,15-16H2,1-2H3,(H,17,18,19). The van der Waals surface area contributed by atoms with E-state index >= 15 is 0 Å². The molecule has 0 saturated carbocycles. The molecule has 5 heteroatoms. The number of benzene rings is 1. The number of pyridine rings is 1. The Labute approximate surface area is 111 Å². The lowest BCUT2D eigenvalue weighted by molar-refractivity contribution is 0.102. The normalized spacial score (nSPS) is 10.2. The molecule has 2 aromatic rings. The van der Waals surface area contributed by atoms with Gasteiger partial charge in [-0.05, 0) is 49.7 Å². The number of hydrogen-bond acceptors (Lipinski definition) is 4. The van der Waals surface area contributed by atoms with E-state index in [4.69, 9.17) is 11.5 Å². The Morgan fingerprint density at radius 1 is 1.05 bits per heavy atom. The first-order chi connectivity index (χ1) is 8.94. The number of carbonyl (C=O) groups excluding carboxylic acids is 1. The maximum Gasteiger partial charge on any atom is 0.256 e. The van der Waals surface area contributed by atoms with Crippen molar-refractivity contribution in [3.8, 4) is 0 Å². The van der Waals surface area contributed by atoms with Crippen LogP contribution in [0.3, 0.4) is 0 Å². The summed E-state index contributed by atoms with van der Waals surface area (Å²) in [7, 11) is 0. The van der Waals surface area contributed by atoms with E-state index in [2.05, 4.69) is 10.3 Å². The first-order valence-corrected chi connectivity index (χ1v) is 5.87. The van der Waals surface area contributed by atoms with E-state index in [1.807, 2.05) is 19.9 Å². The zero-order valence-corrected chi connectivity index (χ0v) is 10.9. The Morgan fingerprint density at radius 2 is 1.68 bits per heavy atom. The summed E-state index contributed by atoms with van der Waals surface area (Å²) in [6.07, 6.45) is 0. The number of nitrogens with zero attached hydrogens (tertiary/aromatic N) is 1. The van der Waals surface area contributed by atoms with Crippen LogP contribution in [0, 0.1) is 13.8 Å². The van der Waals surface area contributed by atoms with Gasteiger partial charge in [-0.15, -0.1) is 0 Å². The largest absolute Gasteiger partial charge is 0.399 e. The van der Waals surface area contributed by atoms with Crippen LogP contribution in [0.2, 0.25) is 0 Å². The number of hydrogen-bond donors (Lipinski definition) is 3. The molecule has 1 amide bonds. The molecular formula is C14H16N4O. The van der Waals surface area contributed by atoms with Gasteiger partial charge in [0.15, 0.2) is 0 Å². The van der Waals surface area contributed by atoms with Crippen LogP contribution in [-0.2, 0) is 0 Å². The van der Waals surface area contributed by atoms with E-state index in [1.54, 1.807) is 24.3 Å². The van der Waals surface area contributed by atoms with Crippen molar-refractivity contribution in [3.63, 3.8) is 0 Å². The molecule has 1 aromatic carbocycles. The fraction of sp³-hybridized carbons (Fsp3) is 0.143. The van der Waals surface area contributed by atoms with Gasteiger partial charge in [-0.3, -0.25) is 4.79 Å². The van der Waals surface area contributed by atoms with Crippen molar-refractivity contribution in [2.45, 2.75) is 13.8 Å². The van der Waals surface area contributed by atoms with Crippen LogP contribution >= 0.6 is 0 Å². The number of rotatable bonds is 2. The molecule has 0 spiro atoms. The van der Waals surface area contributed by atoms with E-state index < -0.39 is 0 Å². The molecule has 0 atom stereocenters. The second kappa shape index (κ2) is 4.97. The van der Waals surface area contributed by atoms with E-state index in [0.29, 0.717) is 22.8 Å². The van der Waals surface area contributed by atoms with E-state index in [0.717, 1.165) is 11.3 Å². The molecule has 0 aliphatic carbocycles. The van der Waals surface area contributed by atoms with Crippen LogP contribution in [0.15, 0.2) is 30.3 Å². The van der Waals surface area contributed by atoms with Crippen molar-refractivity contribution in [1.29, 1.82) is 0 Å². The molecule has 19 heavy (non-hydrogen) atoms. The fourth-order valence-corrected chi connectivity index (χ4v) is 1.90. The molecular weight excluding hydrogens is 240 g/mol. The van der Waals surface area contributed by atoms with Crippen LogP contribution in [0.4, 0.5) is 17.2 Å². The van der Waals surface area contributed by atoms with Crippen molar-refractivity contribution in [1.82, 2.24) is 4.98 Å². The molecule has 0 radical (unpaired) electrons.